The van der Waals surface area contributed by atoms with Gasteiger partial charge in [0.2, 0.25) is 5.88 Å². The fourth-order valence-electron chi connectivity index (χ4n) is 3.84. The number of amides is 1. The highest BCUT2D eigenvalue weighted by atomic mass is 79.9. The van der Waals surface area contributed by atoms with Gasteiger partial charge >= 0.3 is 5.97 Å². The summed E-state index contributed by atoms with van der Waals surface area (Å²) in [6.45, 7) is 7.23. The van der Waals surface area contributed by atoms with Crippen molar-refractivity contribution in [1.82, 2.24) is 0 Å². The smallest absolute Gasteiger partial charge is 0.338 e. The van der Waals surface area contributed by atoms with E-state index in [2.05, 4.69) is 21.2 Å². The molecular formula is C27H28BrN3O6. The number of aryl methyl sites for hydroxylation is 1. The predicted molar refractivity (Wildman–Crippen MR) is 141 cm³/mol. The van der Waals surface area contributed by atoms with Gasteiger partial charge in [0.15, 0.2) is 18.1 Å². The second-order valence-corrected chi connectivity index (χ2v) is 8.91. The molecule has 2 aromatic carbocycles. The number of nitrogens with zero attached hydrogens (tertiary/aromatic N) is 1. The van der Waals surface area contributed by atoms with Crippen molar-refractivity contribution >= 4 is 33.5 Å². The third-order valence-electron chi connectivity index (χ3n) is 5.50. The highest BCUT2D eigenvalue weighted by Gasteiger charge is 2.36. The zero-order valence-electron chi connectivity index (χ0n) is 21.0. The lowest BCUT2D eigenvalue weighted by atomic mass is 9.83. The molecule has 3 rings (SSSR count). The van der Waals surface area contributed by atoms with Crippen molar-refractivity contribution in [2.24, 2.45) is 5.73 Å². The predicted octanol–water partition coefficient (Wildman–Crippen LogP) is 4.82. The van der Waals surface area contributed by atoms with Crippen molar-refractivity contribution in [2.75, 3.05) is 25.1 Å². The molecule has 0 saturated carbocycles. The maximum atomic E-state index is 12.8. The standard InChI is InChI=1S/C27H28BrN3O6/c1-5-34-22-12-17(25-19(13-29)26(30)37-16(4)24(25)27(33)35-6-2)7-10-21(22)36-14-23(32)31-18-8-9-20(28)15(3)11-18/h7-12,25H,5-6,14,30H2,1-4H3,(H,31,32). The third-order valence-corrected chi connectivity index (χ3v) is 6.39. The Morgan fingerprint density at radius 2 is 1.86 bits per heavy atom. The van der Waals surface area contributed by atoms with Crippen molar-refractivity contribution in [1.29, 1.82) is 5.26 Å². The highest BCUT2D eigenvalue weighted by molar-refractivity contribution is 9.10. The van der Waals surface area contributed by atoms with E-state index in [0.29, 0.717) is 29.4 Å². The zero-order valence-corrected chi connectivity index (χ0v) is 22.6. The largest absolute Gasteiger partial charge is 0.490 e. The number of ether oxygens (including phenoxy) is 4. The van der Waals surface area contributed by atoms with Crippen molar-refractivity contribution < 1.29 is 28.5 Å². The number of nitriles is 1. The van der Waals surface area contributed by atoms with Crippen LogP contribution in [0.1, 0.15) is 37.8 Å². The minimum Gasteiger partial charge on any atom is -0.490 e. The van der Waals surface area contributed by atoms with Gasteiger partial charge in [0.05, 0.1) is 24.7 Å². The number of hydrogen-bond donors (Lipinski definition) is 2. The molecule has 9 nitrogen and oxygen atoms in total. The van der Waals surface area contributed by atoms with Crippen LogP contribution in [0.3, 0.4) is 0 Å². The summed E-state index contributed by atoms with van der Waals surface area (Å²) in [7, 11) is 0. The normalized spacial score (nSPS) is 15.0. The van der Waals surface area contributed by atoms with Gasteiger partial charge in [-0.05, 0) is 69.2 Å². The van der Waals surface area contributed by atoms with Crippen LogP contribution in [-0.4, -0.2) is 31.7 Å². The Morgan fingerprint density at radius 3 is 2.51 bits per heavy atom. The average Bonchev–Trinajstić information content (AvgIpc) is 2.85. The Labute approximate surface area is 224 Å². The number of carbonyl (C=O) groups excluding carboxylic acids is 2. The molecular weight excluding hydrogens is 542 g/mol. The third kappa shape index (κ3) is 6.43. The monoisotopic (exact) mass is 569 g/mol. The first kappa shape index (κ1) is 27.6. The van der Waals surface area contributed by atoms with E-state index in [0.717, 1.165) is 10.0 Å². The van der Waals surface area contributed by atoms with Gasteiger partial charge in [0.1, 0.15) is 17.4 Å². The minimum atomic E-state index is -0.824. The number of benzene rings is 2. The highest BCUT2D eigenvalue weighted by Crippen LogP contribution is 2.42. The molecule has 1 unspecified atom stereocenters. The first-order valence-electron chi connectivity index (χ1n) is 11.6. The number of anilines is 1. The molecule has 1 atom stereocenters. The van der Waals surface area contributed by atoms with Crippen LogP contribution in [0, 0.1) is 18.3 Å². The maximum Gasteiger partial charge on any atom is 0.338 e. The molecule has 10 heteroatoms. The molecule has 0 radical (unpaired) electrons. The molecule has 37 heavy (non-hydrogen) atoms. The molecule has 0 saturated heterocycles. The van der Waals surface area contributed by atoms with Gasteiger partial charge in [0.25, 0.3) is 5.91 Å². The number of hydrogen-bond acceptors (Lipinski definition) is 8. The number of rotatable bonds is 9. The summed E-state index contributed by atoms with van der Waals surface area (Å²) < 4.78 is 23.1. The summed E-state index contributed by atoms with van der Waals surface area (Å²) in [6.07, 6.45) is 0. The molecule has 1 aliphatic heterocycles. The lowest BCUT2D eigenvalue weighted by Crippen LogP contribution is -2.25. The number of nitrogens with two attached hydrogens (primary N) is 1. The topological polar surface area (TPSA) is 133 Å². The fourth-order valence-corrected chi connectivity index (χ4v) is 4.09. The molecule has 0 aliphatic carbocycles. The van der Waals surface area contributed by atoms with E-state index < -0.39 is 11.9 Å². The molecule has 0 bridgehead atoms. The van der Waals surface area contributed by atoms with Crippen LogP contribution >= 0.6 is 15.9 Å². The van der Waals surface area contributed by atoms with Crippen LogP contribution in [0.15, 0.2) is 63.7 Å². The zero-order chi connectivity index (χ0) is 27.1. The lowest BCUT2D eigenvalue weighted by Gasteiger charge is -2.27. The van der Waals surface area contributed by atoms with E-state index in [1.54, 1.807) is 45.0 Å². The summed E-state index contributed by atoms with van der Waals surface area (Å²) in [5.74, 6) is -0.944. The molecule has 1 aliphatic rings. The maximum absolute atomic E-state index is 12.8. The van der Waals surface area contributed by atoms with Gasteiger partial charge in [-0.3, -0.25) is 4.79 Å². The van der Waals surface area contributed by atoms with Crippen LogP contribution in [0.4, 0.5) is 5.69 Å². The summed E-state index contributed by atoms with van der Waals surface area (Å²) in [5, 5.41) is 12.6. The summed E-state index contributed by atoms with van der Waals surface area (Å²) >= 11 is 3.43. The van der Waals surface area contributed by atoms with Crippen molar-refractivity contribution in [3.05, 3.63) is 74.8 Å². The summed E-state index contributed by atoms with van der Waals surface area (Å²) in [6, 6.07) is 12.5. The molecule has 194 valence electrons. The van der Waals surface area contributed by atoms with Gasteiger partial charge in [0, 0.05) is 10.2 Å². The molecule has 3 N–H and O–H groups in total. The van der Waals surface area contributed by atoms with Crippen LogP contribution < -0.4 is 20.5 Å². The summed E-state index contributed by atoms with van der Waals surface area (Å²) in [5.41, 5.74) is 8.42. The van der Waals surface area contributed by atoms with Gasteiger partial charge in [-0.2, -0.15) is 5.26 Å². The second-order valence-electron chi connectivity index (χ2n) is 8.06. The van der Waals surface area contributed by atoms with Crippen LogP contribution in [-0.2, 0) is 19.1 Å². The molecule has 0 spiro atoms. The molecule has 1 amide bonds. The van der Waals surface area contributed by atoms with Gasteiger partial charge in [-0.1, -0.05) is 22.0 Å². The number of nitrogens with one attached hydrogen (secondary N) is 1. The Balaban J connectivity index is 1.88. The van der Waals surface area contributed by atoms with Crippen LogP contribution in [0.5, 0.6) is 11.5 Å². The Hall–Kier alpha value is -3.97. The number of halogens is 1. The quantitative estimate of drug-likeness (QED) is 0.410. The van der Waals surface area contributed by atoms with E-state index in [-0.39, 0.29) is 41.9 Å². The van der Waals surface area contributed by atoms with Crippen LogP contribution in [0.25, 0.3) is 0 Å². The van der Waals surface area contributed by atoms with Gasteiger partial charge < -0.3 is 30.0 Å². The van der Waals surface area contributed by atoms with E-state index in [1.165, 1.54) is 0 Å². The Kier molecular flexibility index (Phi) is 9.20. The number of esters is 1. The van der Waals surface area contributed by atoms with E-state index in [9.17, 15) is 14.9 Å². The van der Waals surface area contributed by atoms with Crippen LogP contribution in [0.2, 0.25) is 0 Å². The van der Waals surface area contributed by atoms with Crippen molar-refractivity contribution in [3.63, 3.8) is 0 Å². The first-order valence-corrected chi connectivity index (χ1v) is 12.4. The second kappa shape index (κ2) is 12.3. The fraction of sp³-hybridized carbons (Fsp3) is 0.296. The Morgan fingerprint density at radius 1 is 1.11 bits per heavy atom. The molecule has 0 fully saturated rings. The average molecular weight is 570 g/mol. The van der Waals surface area contributed by atoms with Crippen molar-refractivity contribution in [3.8, 4) is 17.6 Å². The molecule has 1 heterocycles. The van der Waals surface area contributed by atoms with Crippen molar-refractivity contribution in [2.45, 2.75) is 33.6 Å². The SMILES string of the molecule is CCOC(=O)C1=C(C)OC(N)=C(C#N)C1c1ccc(OCC(=O)Nc2ccc(Br)c(C)c2)c(OCC)c1. The summed E-state index contributed by atoms with van der Waals surface area (Å²) in [4.78, 5) is 25.3. The number of carbonyl (C=O) groups is 2. The molecule has 0 aromatic heterocycles. The van der Waals surface area contributed by atoms with Gasteiger partial charge in [-0.25, -0.2) is 4.79 Å². The van der Waals surface area contributed by atoms with E-state index >= 15 is 0 Å². The Bertz CT molecular complexity index is 1310. The molecule has 2 aromatic rings. The number of allylic oxidation sites excluding steroid dienone is 2. The van der Waals surface area contributed by atoms with E-state index in [1.807, 2.05) is 25.1 Å². The van der Waals surface area contributed by atoms with E-state index in [4.69, 9.17) is 24.7 Å². The first-order chi connectivity index (χ1) is 17.7. The van der Waals surface area contributed by atoms with Gasteiger partial charge in [-0.15, -0.1) is 0 Å². The minimum absolute atomic E-state index is 0.0777. The lowest BCUT2D eigenvalue weighted by molar-refractivity contribution is -0.139.